The van der Waals surface area contributed by atoms with Gasteiger partial charge in [-0.2, -0.15) is 0 Å². The number of hydrogen-bond acceptors (Lipinski definition) is 3. The van der Waals surface area contributed by atoms with Crippen LogP contribution in [0, 0.1) is 0 Å². The Kier molecular flexibility index (Phi) is 6.51. The molecule has 1 aromatic carbocycles. The first-order valence-electron chi connectivity index (χ1n) is 7.70. The zero-order valence-electron chi connectivity index (χ0n) is 12.7. The van der Waals surface area contributed by atoms with Crippen LogP contribution >= 0.6 is 0 Å². The smallest absolute Gasteiger partial charge is 0.0576 e. The third kappa shape index (κ3) is 4.58. The molecule has 1 saturated heterocycles. The standard InChI is InChI=1S/C17H27NO2/c1-18-17(10-9-16-4-3-12-20-16)15-7-5-14(6-8-15)11-13-19-2/h5-8,16-18H,3-4,9-13H2,1-2H3. The number of methoxy groups -OCH3 is 1. The fraction of sp³-hybridized carbons (Fsp3) is 0.647. The average Bonchev–Trinajstić information content (AvgIpc) is 3.00. The molecule has 0 spiro atoms. The molecule has 1 N–H and O–H groups in total. The minimum absolute atomic E-state index is 0.427. The van der Waals surface area contributed by atoms with Gasteiger partial charge in [-0.1, -0.05) is 24.3 Å². The first-order chi connectivity index (χ1) is 9.83. The summed E-state index contributed by atoms with van der Waals surface area (Å²) in [6.07, 6.45) is 6.20. The maximum atomic E-state index is 5.71. The van der Waals surface area contributed by atoms with Gasteiger partial charge in [0, 0.05) is 19.8 Å². The van der Waals surface area contributed by atoms with Crippen molar-refractivity contribution in [3.05, 3.63) is 35.4 Å². The SMILES string of the molecule is CNC(CCC1CCCO1)c1ccc(CCOC)cc1. The molecule has 1 fully saturated rings. The Bertz CT molecular complexity index is 371. The predicted octanol–water partition coefficient (Wildman–Crippen LogP) is 3.10. The van der Waals surface area contributed by atoms with Gasteiger partial charge in [0.1, 0.15) is 0 Å². The first-order valence-corrected chi connectivity index (χ1v) is 7.70. The van der Waals surface area contributed by atoms with Gasteiger partial charge in [-0.15, -0.1) is 0 Å². The molecule has 112 valence electrons. The van der Waals surface area contributed by atoms with Crippen LogP contribution < -0.4 is 5.32 Å². The van der Waals surface area contributed by atoms with Gasteiger partial charge in [-0.05, 0) is 50.3 Å². The summed E-state index contributed by atoms with van der Waals surface area (Å²) in [4.78, 5) is 0. The molecule has 0 bridgehead atoms. The van der Waals surface area contributed by atoms with Crippen molar-refractivity contribution >= 4 is 0 Å². The van der Waals surface area contributed by atoms with Crippen LogP contribution in [-0.2, 0) is 15.9 Å². The van der Waals surface area contributed by atoms with Crippen molar-refractivity contribution < 1.29 is 9.47 Å². The molecule has 2 rings (SSSR count). The van der Waals surface area contributed by atoms with E-state index in [0.717, 1.165) is 32.5 Å². The third-order valence-electron chi connectivity index (χ3n) is 4.13. The summed E-state index contributed by atoms with van der Waals surface area (Å²) in [6, 6.07) is 9.33. The molecule has 20 heavy (non-hydrogen) atoms. The van der Waals surface area contributed by atoms with Gasteiger partial charge in [-0.25, -0.2) is 0 Å². The molecular formula is C17H27NO2. The largest absolute Gasteiger partial charge is 0.384 e. The van der Waals surface area contributed by atoms with Crippen LogP contribution in [0.1, 0.15) is 42.9 Å². The van der Waals surface area contributed by atoms with Crippen LogP contribution in [0.4, 0.5) is 0 Å². The summed E-state index contributed by atoms with van der Waals surface area (Å²) in [5.41, 5.74) is 2.70. The highest BCUT2D eigenvalue weighted by Gasteiger charge is 2.18. The van der Waals surface area contributed by atoms with Gasteiger partial charge in [0.15, 0.2) is 0 Å². The summed E-state index contributed by atoms with van der Waals surface area (Å²) in [5, 5.41) is 3.42. The third-order valence-corrected chi connectivity index (χ3v) is 4.13. The monoisotopic (exact) mass is 277 g/mol. The maximum absolute atomic E-state index is 5.71. The summed E-state index contributed by atoms with van der Waals surface area (Å²) in [6.45, 7) is 1.73. The average molecular weight is 277 g/mol. The van der Waals surface area contributed by atoms with Crippen LogP contribution in [0.5, 0.6) is 0 Å². The van der Waals surface area contributed by atoms with Crippen LogP contribution in [0.15, 0.2) is 24.3 Å². The quantitative estimate of drug-likeness (QED) is 0.792. The van der Waals surface area contributed by atoms with E-state index >= 15 is 0 Å². The second-order valence-corrected chi connectivity index (χ2v) is 5.54. The molecule has 0 radical (unpaired) electrons. The molecule has 1 aliphatic rings. The summed E-state index contributed by atoms with van der Waals surface area (Å²) < 4.78 is 10.8. The highest BCUT2D eigenvalue weighted by molar-refractivity contribution is 5.25. The number of hydrogen-bond donors (Lipinski definition) is 1. The van der Waals surface area contributed by atoms with E-state index in [-0.39, 0.29) is 0 Å². The van der Waals surface area contributed by atoms with E-state index in [1.165, 1.54) is 24.0 Å². The fourth-order valence-corrected chi connectivity index (χ4v) is 2.84. The molecule has 3 heteroatoms. The van der Waals surface area contributed by atoms with E-state index in [2.05, 4.69) is 29.6 Å². The minimum Gasteiger partial charge on any atom is -0.384 e. The normalized spacial score (nSPS) is 20.2. The van der Waals surface area contributed by atoms with E-state index in [4.69, 9.17) is 9.47 Å². The highest BCUT2D eigenvalue weighted by Crippen LogP contribution is 2.24. The Morgan fingerprint density at radius 2 is 2.15 bits per heavy atom. The molecule has 3 nitrogen and oxygen atoms in total. The maximum Gasteiger partial charge on any atom is 0.0576 e. The Morgan fingerprint density at radius 3 is 2.75 bits per heavy atom. The van der Waals surface area contributed by atoms with Gasteiger partial charge in [0.2, 0.25) is 0 Å². The molecule has 0 aromatic heterocycles. The molecule has 0 amide bonds. The second-order valence-electron chi connectivity index (χ2n) is 5.54. The van der Waals surface area contributed by atoms with E-state index in [1.54, 1.807) is 7.11 Å². The lowest BCUT2D eigenvalue weighted by Gasteiger charge is -2.19. The molecule has 2 atom stereocenters. The van der Waals surface area contributed by atoms with E-state index in [0.29, 0.717) is 12.1 Å². The van der Waals surface area contributed by atoms with Gasteiger partial charge < -0.3 is 14.8 Å². The first kappa shape index (κ1) is 15.5. The predicted molar refractivity (Wildman–Crippen MR) is 82.0 cm³/mol. The Morgan fingerprint density at radius 1 is 1.35 bits per heavy atom. The van der Waals surface area contributed by atoms with Crippen molar-refractivity contribution in [2.24, 2.45) is 0 Å². The number of rotatable bonds is 8. The molecule has 1 aliphatic heterocycles. The minimum atomic E-state index is 0.427. The summed E-state index contributed by atoms with van der Waals surface area (Å²) in [5.74, 6) is 0. The van der Waals surface area contributed by atoms with Crippen molar-refractivity contribution in [2.45, 2.75) is 44.2 Å². The van der Waals surface area contributed by atoms with Gasteiger partial charge >= 0.3 is 0 Å². The fourth-order valence-electron chi connectivity index (χ4n) is 2.84. The van der Waals surface area contributed by atoms with Gasteiger partial charge in [0.25, 0.3) is 0 Å². The van der Waals surface area contributed by atoms with E-state index in [9.17, 15) is 0 Å². The summed E-state index contributed by atoms with van der Waals surface area (Å²) in [7, 11) is 3.79. The van der Waals surface area contributed by atoms with Crippen molar-refractivity contribution in [2.75, 3.05) is 27.4 Å². The molecule has 1 heterocycles. The Balaban J connectivity index is 1.85. The summed E-state index contributed by atoms with van der Waals surface area (Å²) >= 11 is 0. The van der Waals surface area contributed by atoms with Gasteiger partial charge in [-0.3, -0.25) is 0 Å². The van der Waals surface area contributed by atoms with Crippen LogP contribution in [0.2, 0.25) is 0 Å². The molecule has 0 aliphatic carbocycles. The molecule has 1 aromatic rings. The Hall–Kier alpha value is -0.900. The lowest BCUT2D eigenvalue weighted by atomic mass is 9.98. The number of benzene rings is 1. The van der Waals surface area contributed by atoms with E-state index in [1.807, 2.05) is 7.05 Å². The number of ether oxygens (including phenoxy) is 2. The number of nitrogens with one attached hydrogen (secondary N) is 1. The molecule has 0 saturated carbocycles. The van der Waals surface area contributed by atoms with Crippen LogP contribution in [-0.4, -0.2) is 33.5 Å². The Labute approximate surface area is 122 Å². The van der Waals surface area contributed by atoms with E-state index < -0.39 is 0 Å². The van der Waals surface area contributed by atoms with Crippen molar-refractivity contribution in [3.63, 3.8) is 0 Å². The zero-order chi connectivity index (χ0) is 14.2. The van der Waals surface area contributed by atoms with Crippen LogP contribution in [0.3, 0.4) is 0 Å². The topological polar surface area (TPSA) is 30.5 Å². The lowest BCUT2D eigenvalue weighted by Crippen LogP contribution is -2.18. The highest BCUT2D eigenvalue weighted by atomic mass is 16.5. The van der Waals surface area contributed by atoms with Crippen molar-refractivity contribution in [1.29, 1.82) is 0 Å². The van der Waals surface area contributed by atoms with Crippen LogP contribution in [0.25, 0.3) is 0 Å². The van der Waals surface area contributed by atoms with Crippen molar-refractivity contribution in [1.82, 2.24) is 5.32 Å². The van der Waals surface area contributed by atoms with Crippen molar-refractivity contribution in [3.8, 4) is 0 Å². The second kappa shape index (κ2) is 8.40. The molecule has 2 unspecified atom stereocenters. The molecular weight excluding hydrogens is 250 g/mol. The van der Waals surface area contributed by atoms with Gasteiger partial charge in [0.05, 0.1) is 12.7 Å². The lowest BCUT2D eigenvalue weighted by molar-refractivity contribution is 0.0998. The zero-order valence-corrected chi connectivity index (χ0v) is 12.7.